The first-order chi connectivity index (χ1) is 9.22. The summed E-state index contributed by atoms with van der Waals surface area (Å²) in [6.07, 6.45) is 8.48. The zero-order chi connectivity index (χ0) is 13.3. The minimum atomic E-state index is 0.365. The lowest BCUT2D eigenvalue weighted by Crippen LogP contribution is -2.27. The van der Waals surface area contributed by atoms with Crippen LogP contribution in [0.3, 0.4) is 0 Å². The lowest BCUT2D eigenvalue weighted by molar-refractivity contribution is 0.183. The first-order valence-corrected chi connectivity index (χ1v) is 7.61. The van der Waals surface area contributed by atoms with Crippen molar-refractivity contribution in [1.82, 2.24) is 14.5 Å². The van der Waals surface area contributed by atoms with Crippen LogP contribution in [0.2, 0.25) is 0 Å². The molecule has 1 aliphatic rings. The molecule has 1 saturated carbocycles. The molecule has 2 aromatic rings. The van der Waals surface area contributed by atoms with Crippen LogP contribution in [-0.4, -0.2) is 14.5 Å². The predicted molar refractivity (Wildman–Crippen MR) is 78.3 cm³/mol. The van der Waals surface area contributed by atoms with Crippen LogP contribution in [0.25, 0.3) is 11.2 Å². The Kier molecular flexibility index (Phi) is 3.48. The largest absolute Gasteiger partial charge is 0.311 e. The zero-order valence-corrected chi connectivity index (χ0v) is 12.2. The Morgan fingerprint density at radius 1 is 1.32 bits per heavy atom. The number of halogens is 1. The van der Waals surface area contributed by atoms with Crippen LogP contribution < -0.4 is 0 Å². The van der Waals surface area contributed by atoms with Crippen molar-refractivity contribution >= 4 is 22.8 Å². The molecular formula is C15H20ClN3. The third kappa shape index (κ3) is 2.48. The van der Waals surface area contributed by atoms with E-state index in [-0.39, 0.29) is 0 Å². The average molecular weight is 278 g/mol. The van der Waals surface area contributed by atoms with E-state index in [0.29, 0.717) is 11.3 Å². The highest BCUT2D eigenvalue weighted by Gasteiger charge is 2.28. The molecule has 2 aromatic heterocycles. The summed E-state index contributed by atoms with van der Waals surface area (Å²) in [6.45, 7) is 3.38. The summed E-state index contributed by atoms with van der Waals surface area (Å²) in [4.78, 5) is 9.08. The van der Waals surface area contributed by atoms with E-state index < -0.39 is 0 Å². The Labute approximate surface area is 119 Å². The minimum absolute atomic E-state index is 0.365. The molecule has 3 rings (SSSR count). The van der Waals surface area contributed by atoms with Gasteiger partial charge in [-0.1, -0.05) is 26.2 Å². The second kappa shape index (κ2) is 5.12. The van der Waals surface area contributed by atoms with Crippen molar-refractivity contribution in [3.05, 3.63) is 24.2 Å². The summed E-state index contributed by atoms with van der Waals surface area (Å²) < 4.78 is 2.23. The number of rotatable bonds is 3. The van der Waals surface area contributed by atoms with E-state index in [9.17, 15) is 0 Å². The van der Waals surface area contributed by atoms with E-state index in [1.165, 1.54) is 32.1 Å². The van der Waals surface area contributed by atoms with Gasteiger partial charge in [-0.3, -0.25) is 0 Å². The standard InChI is InChI=1S/C15H20ClN3/c1-15(7-3-2-4-8-15)11-19-13(10-16)18-12-6-5-9-17-14(12)19/h5-6,9H,2-4,7-8,10-11H2,1H3. The van der Waals surface area contributed by atoms with Crippen LogP contribution in [0.1, 0.15) is 44.9 Å². The molecule has 0 radical (unpaired) electrons. The number of aromatic nitrogens is 3. The Hall–Kier alpha value is -1.09. The van der Waals surface area contributed by atoms with Crippen molar-refractivity contribution < 1.29 is 0 Å². The van der Waals surface area contributed by atoms with Crippen molar-refractivity contribution in [2.24, 2.45) is 5.41 Å². The molecule has 19 heavy (non-hydrogen) atoms. The molecule has 4 heteroatoms. The Morgan fingerprint density at radius 3 is 2.84 bits per heavy atom. The monoisotopic (exact) mass is 277 g/mol. The van der Waals surface area contributed by atoms with Gasteiger partial charge in [0.05, 0.1) is 5.88 Å². The first kappa shape index (κ1) is 12.9. The Balaban J connectivity index is 1.99. The summed E-state index contributed by atoms with van der Waals surface area (Å²) in [5.74, 6) is 1.40. The van der Waals surface area contributed by atoms with Crippen LogP contribution in [0, 0.1) is 5.41 Å². The highest BCUT2D eigenvalue weighted by molar-refractivity contribution is 6.16. The average Bonchev–Trinajstić information content (AvgIpc) is 2.77. The maximum absolute atomic E-state index is 6.06. The van der Waals surface area contributed by atoms with E-state index in [2.05, 4.69) is 21.5 Å². The molecule has 0 spiro atoms. The Morgan fingerprint density at radius 2 is 2.11 bits per heavy atom. The molecule has 0 amide bonds. The molecule has 3 nitrogen and oxygen atoms in total. The van der Waals surface area contributed by atoms with E-state index in [4.69, 9.17) is 11.6 Å². The van der Waals surface area contributed by atoms with Crippen LogP contribution in [0.15, 0.2) is 18.3 Å². The van der Waals surface area contributed by atoms with Gasteiger partial charge in [-0.25, -0.2) is 9.97 Å². The molecule has 0 atom stereocenters. The van der Waals surface area contributed by atoms with Gasteiger partial charge < -0.3 is 4.57 Å². The fourth-order valence-electron chi connectivity index (χ4n) is 3.22. The van der Waals surface area contributed by atoms with Crippen molar-refractivity contribution in [3.63, 3.8) is 0 Å². The molecular weight excluding hydrogens is 258 g/mol. The maximum atomic E-state index is 6.06. The summed E-state index contributed by atoms with van der Waals surface area (Å²) >= 11 is 6.06. The summed E-state index contributed by atoms with van der Waals surface area (Å²) in [7, 11) is 0. The Bertz CT molecular complexity index is 570. The lowest BCUT2D eigenvalue weighted by Gasteiger charge is -2.34. The number of hydrogen-bond donors (Lipinski definition) is 0. The first-order valence-electron chi connectivity index (χ1n) is 7.08. The summed E-state index contributed by atoms with van der Waals surface area (Å²) in [6, 6.07) is 3.94. The second-order valence-electron chi connectivity index (χ2n) is 5.97. The topological polar surface area (TPSA) is 30.7 Å². The van der Waals surface area contributed by atoms with Crippen LogP contribution in [0.5, 0.6) is 0 Å². The molecule has 0 saturated heterocycles. The smallest absolute Gasteiger partial charge is 0.160 e. The van der Waals surface area contributed by atoms with E-state index in [0.717, 1.165) is 23.5 Å². The molecule has 0 N–H and O–H groups in total. The van der Waals surface area contributed by atoms with Gasteiger partial charge in [-0.05, 0) is 30.4 Å². The van der Waals surface area contributed by atoms with Gasteiger partial charge >= 0.3 is 0 Å². The third-order valence-corrected chi connectivity index (χ3v) is 4.54. The van der Waals surface area contributed by atoms with Gasteiger partial charge in [0.25, 0.3) is 0 Å². The number of alkyl halides is 1. The quantitative estimate of drug-likeness (QED) is 0.790. The van der Waals surface area contributed by atoms with Gasteiger partial charge in [0, 0.05) is 12.7 Å². The van der Waals surface area contributed by atoms with E-state index >= 15 is 0 Å². The van der Waals surface area contributed by atoms with E-state index in [1.54, 1.807) is 0 Å². The molecule has 0 aliphatic heterocycles. The van der Waals surface area contributed by atoms with Crippen molar-refractivity contribution in [2.75, 3.05) is 0 Å². The van der Waals surface area contributed by atoms with Crippen LogP contribution in [0.4, 0.5) is 0 Å². The highest BCUT2D eigenvalue weighted by Crippen LogP contribution is 2.38. The minimum Gasteiger partial charge on any atom is -0.311 e. The summed E-state index contributed by atoms with van der Waals surface area (Å²) in [5.41, 5.74) is 2.30. The third-order valence-electron chi connectivity index (χ3n) is 4.30. The van der Waals surface area contributed by atoms with E-state index in [1.807, 2.05) is 18.3 Å². The van der Waals surface area contributed by atoms with Gasteiger partial charge in [0.2, 0.25) is 0 Å². The van der Waals surface area contributed by atoms with Gasteiger partial charge in [0.1, 0.15) is 11.3 Å². The van der Waals surface area contributed by atoms with Crippen LogP contribution >= 0.6 is 11.6 Å². The van der Waals surface area contributed by atoms with Crippen molar-refractivity contribution in [2.45, 2.75) is 51.5 Å². The molecule has 1 fully saturated rings. The van der Waals surface area contributed by atoms with Crippen molar-refractivity contribution in [1.29, 1.82) is 0 Å². The number of nitrogens with zero attached hydrogens (tertiary/aromatic N) is 3. The second-order valence-corrected chi connectivity index (χ2v) is 6.23. The number of hydrogen-bond acceptors (Lipinski definition) is 2. The fourth-order valence-corrected chi connectivity index (χ4v) is 3.42. The van der Waals surface area contributed by atoms with Gasteiger partial charge in [-0.15, -0.1) is 11.6 Å². The molecule has 2 heterocycles. The predicted octanol–water partition coefficient (Wildman–Crippen LogP) is 4.14. The summed E-state index contributed by atoms with van der Waals surface area (Å²) in [5, 5.41) is 0. The molecule has 102 valence electrons. The normalized spacial score (nSPS) is 18.8. The van der Waals surface area contributed by atoms with Gasteiger partial charge in [-0.2, -0.15) is 0 Å². The maximum Gasteiger partial charge on any atom is 0.160 e. The fraction of sp³-hybridized carbons (Fsp3) is 0.600. The molecule has 0 aromatic carbocycles. The SMILES string of the molecule is CC1(Cn2c(CCl)nc3cccnc32)CCCCC1. The molecule has 1 aliphatic carbocycles. The van der Waals surface area contributed by atoms with Gasteiger partial charge in [0.15, 0.2) is 5.65 Å². The molecule has 0 unspecified atom stereocenters. The highest BCUT2D eigenvalue weighted by atomic mass is 35.5. The number of pyridine rings is 1. The van der Waals surface area contributed by atoms with Crippen LogP contribution in [-0.2, 0) is 12.4 Å². The lowest BCUT2D eigenvalue weighted by atomic mass is 9.75. The number of fused-ring (bicyclic) bond motifs is 1. The zero-order valence-electron chi connectivity index (χ0n) is 11.4. The number of imidazole rings is 1. The van der Waals surface area contributed by atoms with Crippen molar-refractivity contribution in [3.8, 4) is 0 Å². The molecule has 0 bridgehead atoms.